The maximum atomic E-state index is 2.29. The molecule has 0 saturated heterocycles. The van der Waals surface area contributed by atoms with Gasteiger partial charge in [0.15, 0.2) is 18.9 Å². The SMILES string of the molecule is CC(C)Cc1ccc[n+](CC(C)C)c1. The quantitative estimate of drug-likeness (QED) is 0.646. The second-order valence-corrected chi connectivity index (χ2v) is 4.90. The van der Waals surface area contributed by atoms with E-state index in [1.54, 1.807) is 0 Å². The van der Waals surface area contributed by atoms with E-state index in [-0.39, 0.29) is 0 Å². The van der Waals surface area contributed by atoms with Crippen LogP contribution in [0.15, 0.2) is 24.5 Å². The van der Waals surface area contributed by atoms with Crippen molar-refractivity contribution in [1.82, 2.24) is 0 Å². The van der Waals surface area contributed by atoms with E-state index in [1.165, 1.54) is 12.0 Å². The number of rotatable bonds is 4. The Bertz CT molecular complexity index is 251. The highest BCUT2D eigenvalue weighted by atomic mass is 14.9. The van der Waals surface area contributed by atoms with Crippen molar-refractivity contribution in [2.75, 3.05) is 0 Å². The molecule has 0 aliphatic rings. The number of nitrogens with zero attached hydrogens (tertiary/aromatic N) is 1. The normalized spacial score (nSPS) is 11.3. The van der Waals surface area contributed by atoms with Crippen molar-refractivity contribution >= 4 is 0 Å². The number of aromatic nitrogens is 1. The minimum absolute atomic E-state index is 0.717. The molecular weight excluding hydrogens is 170 g/mol. The third kappa shape index (κ3) is 3.91. The smallest absolute Gasteiger partial charge is 0.171 e. The van der Waals surface area contributed by atoms with Crippen LogP contribution < -0.4 is 4.57 Å². The standard InChI is InChI=1S/C13H22N/c1-11(2)8-13-6-5-7-14(10-13)9-12(3)4/h5-7,10-12H,8-9H2,1-4H3/q+1. The van der Waals surface area contributed by atoms with Crippen molar-refractivity contribution in [3.8, 4) is 0 Å². The van der Waals surface area contributed by atoms with Crippen LogP contribution in [0.1, 0.15) is 33.3 Å². The summed E-state index contributed by atoms with van der Waals surface area (Å²) < 4.78 is 2.29. The van der Waals surface area contributed by atoms with Crippen molar-refractivity contribution in [3.63, 3.8) is 0 Å². The van der Waals surface area contributed by atoms with Crippen LogP contribution in [-0.4, -0.2) is 0 Å². The largest absolute Gasteiger partial charge is 0.205 e. The molecule has 0 aromatic carbocycles. The zero-order chi connectivity index (χ0) is 10.6. The number of pyridine rings is 1. The van der Waals surface area contributed by atoms with Crippen molar-refractivity contribution in [3.05, 3.63) is 30.1 Å². The fraction of sp³-hybridized carbons (Fsp3) is 0.615. The molecule has 0 bridgehead atoms. The molecule has 1 rings (SSSR count). The van der Waals surface area contributed by atoms with E-state index in [0.29, 0.717) is 5.92 Å². The van der Waals surface area contributed by atoms with Gasteiger partial charge in [-0.15, -0.1) is 0 Å². The van der Waals surface area contributed by atoms with Crippen LogP contribution in [0.5, 0.6) is 0 Å². The molecule has 0 spiro atoms. The second-order valence-electron chi connectivity index (χ2n) is 4.90. The molecule has 1 aromatic heterocycles. The van der Waals surface area contributed by atoms with Gasteiger partial charge in [-0.25, -0.2) is 4.57 Å². The van der Waals surface area contributed by atoms with Gasteiger partial charge in [0, 0.05) is 17.5 Å². The molecule has 78 valence electrons. The molecule has 0 radical (unpaired) electrons. The topological polar surface area (TPSA) is 3.88 Å². The highest BCUT2D eigenvalue weighted by Gasteiger charge is 2.06. The molecule has 1 nitrogen and oxygen atoms in total. The van der Waals surface area contributed by atoms with Crippen molar-refractivity contribution < 1.29 is 4.57 Å². The molecular formula is C13H22N+. The first-order valence-corrected chi connectivity index (χ1v) is 5.56. The maximum Gasteiger partial charge on any atom is 0.171 e. The molecule has 0 fully saturated rings. The van der Waals surface area contributed by atoms with Gasteiger partial charge in [-0.1, -0.05) is 27.7 Å². The highest BCUT2D eigenvalue weighted by Crippen LogP contribution is 2.05. The molecule has 1 aromatic rings. The Morgan fingerprint density at radius 1 is 1.14 bits per heavy atom. The molecule has 14 heavy (non-hydrogen) atoms. The Balaban J connectivity index is 2.68. The van der Waals surface area contributed by atoms with Crippen LogP contribution in [0.3, 0.4) is 0 Å². The van der Waals surface area contributed by atoms with Crippen LogP contribution in [0, 0.1) is 11.8 Å². The highest BCUT2D eigenvalue weighted by molar-refractivity contribution is 5.05. The molecule has 0 aliphatic heterocycles. The third-order valence-electron chi connectivity index (χ3n) is 2.14. The molecule has 0 saturated carbocycles. The van der Waals surface area contributed by atoms with E-state index in [9.17, 15) is 0 Å². The van der Waals surface area contributed by atoms with Crippen molar-refractivity contribution in [2.45, 2.75) is 40.7 Å². The summed E-state index contributed by atoms with van der Waals surface area (Å²) >= 11 is 0. The lowest BCUT2D eigenvalue weighted by Gasteiger charge is -2.04. The minimum atomic E-state index is 0.717. The van der Waals surface area contributed by atoms with Gasteiger partial charge in [0.1, 0.15) is 0 Å². The number of hydrogen-bond donors (Lipinski definition) is 0. The molecule has 1 heterocycles. The molecule has 0 unspecified atom stereocenters. The fourth-order valence-electron chi connectivity index (χ4n) is 1.70. The van der Waals surface area contributed by atoms with Crippen molar-refractivity contribution in [1.29, 1.82) is 0 Å². The summed E-state index contributed by atoms with van der Waals surface area (Å²) in [6, 6.07) is 4.37. The van der Waals surface area contributed by atoms with Crippen LogP contribution >= 0.6 is 0 Å². The average Bonchev–Trinajstić information content (AvgIpc) is 2.01. The predicted octanol–water partition coefficient (Wildman–Crippen LogP) is 2.83. The van der Waals surface area contributed by atoms with E-state index < -0.39 is 0 Å². The fourth-order valence-corrected chi connectivity index (χ4v) is 1.70. The van der Waals surface area contributed by atoms with Crippen LogP contribution in [0.4, 0.5) is 0 Å². The monoisotopic (exact) mass is 192 g/mol. The van der Waals surface area contributed by atoms with Gasteiger partial charge in [0.2, 0.25) is 0 Å². The van der Waals surface area contributed by atoms with Crippen molar-refractivity contribution in [2.24, 2.45) is 11.8 Å². The second kappa shape index (κ2) is 5.14. The van der Waals surface area contributed by atoms with Gasteiger partial charge < -0.3 is 0 Å². The third-order valence-corrected chi connectivity index (χ3v) is 2.14. The molecule has 0 atom stereocenters. The Hall–Kier alpha value is -0.850. The lowest BCUT2D eigenvalue weighted by atomic mass is 10.0. The van der Waals surface area contributed by atoms with E-state index in [0.717, 1.165) is 12.5 Å². The first kappa shape index (κ1) is 11.2. The van der Waals surface area contributed by atoms with Gasteiger partial charge in [0.25, 0.3) is 0 Å². The van der Waals surface area contributed by atoms with E-state index in [2.05, 4.69) is 56.8 Å². The van der Waals surface area contributed by atoms with E-state index >= 15 is 0 Å². The molecule has 0 amide bonds. The van der Waals surface area contributed by atoms with Gasteiger partial charge >= 0.3 is 0 Å². The van der Waals surface area contributed by atoms with Gasteiger partial charge in [0.05, 0.1) is 0 Å². The zero-order valence-corrected chi connectivity index (χ0v) is 9.83. The first-order chi connectivity index (χ1) is 6.58. The predicted molar refractivity (Wildman–Crippen MR) is 60.0 cm³/mol. The lowest BCUT2D eigenvalue weighted by molar-refractivity contribution is -0.702. The first-order valence-electron chi connectivity index (χ1n) is 5.56. The lowest BCUT2D eigenvalue weighted by Crippen LogP contribution is -2.35. The summed E-state index contributed by atoms with van der Waals surface area (Å²) in [5, 5.41) is 0. The van der Waals surface area contributed by atoms with Gasteiger partial charge in [-0.05, 0) is 18.4 Å². The molecule has 0 aliphatic carbocycles. The van der Waals surface area contributed by atoms with Crippen LogP contribution in [0.25, 0.3) is 0 Å². The van der Waals surface area contributed by atoms with Crippen LogP contribution in [0.2, 0.25) is 0 Å². The minimum Gasteiger partial charge on any atom is -0.205 e. The van der Waals surface area contributed by atoms with E-state index in [1.807, 2.05) is 0 Å². The van der Waals surface area contributed by atoms with E-state index in [4.69, 9.17) is 0 Å². The summed E-state index contributed by atoms with van der Waals surface area (Å²) in [4.78, 5) is 0. The summed E-state index contributed by atoms with van der Waals surface area (Å²) in [7, 11) is 0. The zero-order valence-electron chi connectivity index (χ0n) is 9.83. The average molecular weight is 192 g/mol. The summed E-state index contributed by atoms with van der Waals surface area (Å²) in [6.07, 6.45) is 5.61. The summed E-state index contributed by atoms with van der Waals surface area (Å²) in [5.74, 6) is 1.46. The Labute approximate surface area is 87.8 Å². The summed E-state index contributed by atoms with van der Waals surface area (Å²) in [6.45, 7) is 10.1. The van der Waals surface area contributed by atoms with Gasteiger partial charge in [-0.2, -0.15) is 0 Å². The van der Waals surface area contributed by atoms with Crippen LogP contribution in [-0.2, 0) is 13.0 Å². The Morgan fingerprint density at radius 2 is 1.86 bits per heavy atom. The molecule has 0 N–H and O–H groups in total. The maximum absolute atomic E-state index is 2.29. The Morgan fingerprint density at radius 3 is 2.43 bits per heavy atom. The Kier molecular flexibility index (Phi) is 4.12. The number of hydrogen-bond acceptors (Lipinski definition) is 0. The summed E-state index contributed by atoms with van der Waals surface area (Å²) in [5.41, 5.74) is 1.45. The molecule has 1 heteroatoms. The van der Waals surface area contributed by atoms with Gasteiger partial charge in [-0.3, -0.25) is 0 Å².